The molecule has 0 atom stereocenters. The number of aromatic nitrogens is 5. The normalized spacial score (nSPS) is 11.9. The van der Waals surface area contributed by atoms with Crippen LogP contribution in [0.15, 0.2) is 85.6 Å². The molecular weight excluding hydrogens is 450 g/mol. The van der Waals surface area contributed by atoms with Crippen LogP contribution in [0.5, 0.6) is 0 Å². The maximum Gasteiger partial charge on any atom is 0.255 e. The van der Waals surface area contributed by atoms with Gasteiger partial charge in [-0.05, 0) is 80.4 Å². The van der Waals surface area contributed by atoms with Gasteiger partial charge in [0.25, 0.3) is 5.91 Å². The molecule has 0 fully saturated rings. The summed E-state index contributed by atoms with van der Waals surface area (Å²) in [5, 5.41) is 5.91. The summed E-state index contributed by atoms with van der Waals surface area (Å²) in [6.45, 7) is 5.33. The first-order valence-corrected chi connectivity index (χ1v) is 11.3. The summed E-state index contributed by atoms with van der Waals surface area (Å²) < 4.78 is 27.2. The molecule has 1 amide bonds. The van der Waals surface area contributed by atoms with Crippen molar-refractivity contribution in [2.75, 3.05) is 10.6 Å². The summed E-state index contributed by atoms with van der Waals surface area (Å²) in [5.74, 6) is -0.129. The second-order valence-electron chi connectivity index (χ2n) is 8.26. The molecule has 0 saturated carbocycles. The third kappa shape index (κ3) is 5.12. The predicted molar refractivity (Wildman–Crippen MR) is 141 cm³/mol. The van der Waals surface area contributed by atoms with Crippen LogP contribution in [0.3, 0.4) is 0 Å². The number of carbonyl (C=O) groups is 1. The second-order valence-corrected chi connectivity index (χ2v) is 8.26. The third-order valence-corrected chi connectivity index (χ3v) is 5.43. The van der Waals surface area contributed by atoms with E-state index in [0.29, 0.717) is 28.5 Å². The van der Waals surface area contributed by atoms with Crippen LogP contribution in [0.2, 0.25) is 0 Å². The standard InChI is InChI=1S/C28H25N7O/c1-18-11-23(14-24(12-18)35-16-20(3)31-17-35)32-27(36)21-7-6-19(2)26(13-21)34-28-30-10-8-25(33-28)22-5-4-9-29-15-22/h4-17H,1-3H3,(H,32,36)(H,30,33,34)/i11D,12D,14D. The highest BCUT2D eigenvalue weighted by molar-refractivity contribution is 6.05. The van der Waals surface area contributed by atoms with Crippen LogP contribution in [0.25, 0.3) is 16.9 Å². The lowest BCUT2D eigenvalue weighted by Crippen LogP contribution is -2.13. The highest BCUT2D eigenvalue weighted by atomic mass is 16.1. The quantitative estimate of drug-likeness (QED) is 0.328. The Labute approximate surface area is 213 Å². The Balaban J connectivity index is 1.44. The zero-order chi connectivity index (χ0) is 27.7. The van der Waals surface area contributed by atoms with Crippen LogP contribution in [-0.4, -0.2) is 30.4 Å². The fraction of sp³-hybridized carbons (Fsp3) is 0.107. The highest BCUT2D eigenvalue weighted by Gasteiger charge is 2.12. The molecule has 5 aromatic rings. The molecule has 0 aliphatic heterocycles. The maximum absolute atomic E-state index is 13.3. The van der Waals surface area contributed by atoms with Crippen LogP contribution in [0.4, 0.5) is 17.3 Å². The molecule has 3 heterocycles. The van der Waals surface area contributed by atoms with E-state index in [0.717, 1.165) is 16.8 Å². The molecule has 0 saturated heterocycles. The van der Waals surface area contributed by atoms with Crippen molar-refractivity contribution in [3.8, 4) is 16.9 Å². The first kappa shape index (κ1) is 19.5. The summed E-state index contributed by atoms with van der Waals surface area (Å²) in [6, 6.07) is 10.5. The number of aryl methyl sites for hydroxylation is 2. The van der Waals surface area contributed by atoms with Crippen molar-refractivity contribution in [1.29, 1.82) is 0 Å². The number of anilines is 3. The van der Waals surface area contributed by atoms with E-state index in [1.54, 1.807) is 67.5 Å². The van der Waals surface area contributed by atoms with Crippen molar-refractivity contribution in [2.45, 2.75) is 20.8 Å². The Kier molecular flexibility index (Phi) is 5.29. The molecular formula is C28H25N7O. The molecule has 0 radical (unpaired) electrons. The van der Waals surface area contributed by atoms with Gasteiger partial charge < -0.3 is 15.2 Å². The van der Waals surface area contributed by atoms with Gasteiger partial charge in [0.05, 0.1) is 21.8 Å². The minimum Gasteiger partial charge on any atom is -0.324 e. The van der Waals surface area contributed by atoms with Crippen LogP contribution in [0, 0.1) is 20.8 Å². The van der Waals surface area contributed by atoms with E-state index in [2.05, 4.69) is 30.6 Å². The van der Waals surface area contributed by atoms with Crippen molar-refractivity contribution in [3.05, 3.63) is 108 Å². The maximum atomic E-state index is 13.3. The van der Waals surface area contributed by atoms with Crippen LogP contribution in [-0.2, 0) is 0 Å². The fourth-order valence-electron chi connectivity index (χ4n) is 3.61. The molecule has 0 aliphatic rings. The zero-order valence-electron chi connectivity index (χ0n) is 23.0. The molecule has 5 rings (SSSR count). The lowest BCUT2D eigenvalue weighted by Gasteiger charge is -2.13. The minimum atomic E-state index is -0.491. The number of pyridine rings is 1. The average Bonchev–Trinajstić information content (AvgIpc) is 3.37. The number of hydrogen-bond donors (Lipinski definition) is 2. The van der Waals surface area contributed by atoms with E-state index in [1.165, 1.54) is 6.33 Å². The smallest absolute Gasteiger partial charge is 0.255 e. The van der Waals surface area contributed by atoms with Crippen molar-refractivity contribution in [1.82, 2.24) is 24.5 Å². The van der Waals surface area contributed by atoms with Gasteiger partial charge >= 0.3 is 0 Å². The Morgan fingerprint density at radius 1 is 1.03 bits per heavy atom. The largest absolute Gasteiger partial charge is 0.324 e. The van der Waals surface area contributed by atoms with E-state index in [1.807, 2.05) is 19.1 Å². The Bertz CT molecular complexity index is 1700. The Morgan fingerprint density at radius 3 is 2.69 bits per heavy atom. The summed E-state index contributed by atoms with van der Waals surface area (Å²) in [4.78, 5) is 30.5. The van der Waals surface area contributed by atoms with Gasteiger partial charge in [0.15, 0.2) is 0 Å². The SMILES string of the molecule is [2H]c1c(C)c([2H])c(-n2cnc(C)c2)c([2H])c1NC(=O)c1ccc(C)c(Nc2nccc(-c3cccnc3)n2)c1. The van der Waals surface area contributed by atoms with Crippen molar-refractivity contribution in [2.24, 2.45) is 0 Å². The molecule has 0 bridgehead atoms. The monoisotopic (exact) mass is 478 g/mol. The Morgan fingerprint density at radius 2 is 1.92 bits per heavy atom. The topological polar surface area (TPSA) is 97.6 Å². The molecule has 8 heteroatoms. The number of nitrogens with zero attached hydrogens (tertiary/aromatic N) is 5. The third-order valence-electron chi connectivity index (χ3n) is 5.43. The van der Waals surface area contributed by atoms with Gasteiger partial charge in [-0.3, -0.25) is 9.78 Å². The minimum absolute atomic E-state index is 0.0254. The van der Waals surface area contributed by atoms with E-state index in [4.69, 9.17) is 4.11 Å². The van der Waals surface area contributed by atoms with Crippen LogP contribution in [0.1, 0.15) is 31.3 Å². The molecule has 0 unspecified atom stereocenters. The van der Waals surface area contributed by atoms with E-state index in [9.17, 15) is 4.79 Å². The fourth-order valence-corrected chi connectivity index (χ4v) is 3.61. The van der Waals surface area contributed by atoms with Gasteiger partial charge in [0.1, 0.15) is 0 Å². The molecule has 0 aliphatic carbocycles. The summed E-state index contributed by atoms with van der Waals surface area (Å²) in [5.41, 5.74) is 4.72. The molecule has 178 valence electrons. The number of amides is 1. The molecule has 0 spiro atoms. The van der Waals surface area contributed by atoms with Gasteiger partial charge in [-0.1, -0.05) is 6.07 Å². The van der Waals surface area contributed by atoms with Crippen molar-refractivity contribution in [3.63, 3.8) is 0 Å². The van der Waals surface area contributed by atoms with Gasteiger partial charge in [0.2, 0.25) is 5.95 Å². The van der Waals surface area contributed by atoms with E-state index >= 15 is 0 Å². The number of rotatable bonds is 6. The number of imidazole rings is 1. The summed E-state index contributed by atoms with van der Waals surface area (Å²) in [7, 11) is 0. The summed E-state index contributed by atoms with van der Waals surface area (Å²) >= 11 is 0. The first-order chi connectivity index (χ1) is 18.7. The van der Waals surface area contributed by atoms with Gasteiger partial charge in [0, 0.05) is 53.0 Å². The van der Waals surface area contributed by atoms with Gasteiger partial charge in [-0.2, -0.15) is 0 Å². The average molecular weight is 479 g/mol. The van der Waals surface area contributed by atoms with E-state index in [-0.39, 0.29) is 29.5 Å². The highest BCUT2D eigenvalue weighted by Crippen LogP contribution is 2.24. The number of carbonyl (C=O) groups excluding carboxylic acids is 1. The van der Waals surface area contributed by atoms with E-state index < -0.39 is 5.91 Å². The first-order valence-electron chi connectivity index (χ1n) is 12.8. The number of nitrogens with one attached hydrogen (secondary N) is 2. The molecule has 2 N–H and O–H groups in total. The second kappa shape index (κ2) is 9.79. The number of hydrogen-bond acceptors (Lipinski definition) is 6. The van der Waals surface area contributed by atoms with Crippen LogP contribution >= 0.6 is 0 Å². The van der Waals surface area contributed by atoms with Crippen LogP contribution < -0.4 is 10.6 Å². The lowest BCUT2D eigenvalue weighted by atomic mass is 10.1. The molecule has 36 heavy (non-hydrogen) atoms. The van der Waals surface area contributed by atoms with Gasteiger partial charge in [-0.15, -0.1) is 0 Å². The molecule has 2 aromatic carbocycles. The Hall–Kier alpha value is -4.85. The predicted octanol–water partition coefficient (Wildman–Crippen LogP) is 5.65. The molecule has 3 aromatic heterocycles. The number of benzene rings is 2. The van der Waals surface area contributed by atoms with Gasteiger partial charge in [-0.25, -0.2) is 15.0 Å². The van der Waals surface area contributed by atoms with Crippen molar-refractivity contribution < 1.29 is 8.91 Å². The lowest BCUT2D eigenvalue weighted by molar-refractivity contribution is 0.102. The summed E-state index contributed by atoms with van der Waals surface area (Å²) in [6.07, 6.45) is 8.27. The molecule has 8 nitrogen and oxygen atoms in total. The zero-order valence-corrected chi connectivity index (χ0v) is 20.0. The van der Waals surface area contributed by atoms with Crippen molar-refractivity contribution >= 4 is 23.2 Å².